The molecular weight excluding hydrogens is 465 g/mol. The van der Waals surface area contributed by atoms with Crippen LogP contribution in [0.5, 0.6) is 0 Å². The Bertz CT molecular complexity index is 947. The van der Waals surface area contributed by atoms with Gasteiger partial charge in [0, 0.05) is 0 Å². The van der Waals surface area contributed by atoms with E-state index in [1.54, 1.807) is 0 Å². The Labute approximate surface area is 194 Å². The van der Waals surface area contributed by atoms with Crippen molar-refractivity contribution in [2.75, 3.05) is 13.1 Å². The number of nitrogens with zero attached hydrogens (tertiary/aromatic N) is 1. The van der Waals surface area contributed by atoms with Crippen LogP contribution in [0.4, 0.5) is 0 Å². The number of hydrogen-bond donors (Lipinski definition) is 0. The first-order valence-electron chi connectivity index (χ1n) is 10.9. The summed E-state index contributed by atoms with van der Waals surface area (Å²) in [6.07, 6.45) is 0.844. The fourth-order valence-electron chi connectivity index (χ4n) is 5.05. The minimum absolute atomic E-state index is 0.0690. The van der Waals surface area contributed by atoms with Crippen molar-refractivity contribution in [3.05, 3.63) is 91.0 Å². The predicted octanol–water partition coefficient (Wildman–Crippen LogP) is 5.47. The Balaban J connectivity index is 2.02. The van der Waals surface area contributed by atoms with E-state index in [0.717, 1.165) is 19.5 Å². The van der Waals surface area contributed by atoms with Gasteiger partial charge in [-0.05, 0) is 0 Å². The molecule has 0 spiro atoms. The van der Waals surface area contributed by atoms with Crippen LogP contribution in [-0.2, 0) is 4.79 Å². The van der Waals surface area contributed by atoms with Gasteiger partial charge in [-0.25, -0.2) is 0 Å². The molecule has 31 heavy (non-hydrogen) atoms. The van der Waals surface area contributed by atoms with Crippen molar-refractivity contribution in [2.24, 2.45) is 5.41 Å². The van der Waals surface area contributed by atoms with Crippen molar-refractivity contribution in [3.8, 4) is 0 Å². The van der Waals surface area contributed by atoms with Crippen LogP contribution in [0.1, 0.15) is 27.2 Å². The van der Waals surface area contributed by atoms with E-state index < -0.39 is 5.31 Å². The molecule has 1 heterocycles. The summed E-state index contributed by atoms with van der Waals surface area (Å²) in [5, 5.41) is 0.357. The van der Waals surface area contributed by atoms with Crippen LogP contribution in [0.3, 0.4) is 0 Å². The molecule has 1 aliphatic rings. The molecule has 1 aliphatic heterocycles. The first kappa shape index (κ1) is 22.2. The van der Waals surface area contributed by atoms with E-state index in [0.29, 0.717) is 0 Å². The Hall–Kier alpha value is -1.96. The van der Waals surface area contributed by atoms with Crippen LogP contribution in [0.15, 0.2) is 91.0 Å². The monoisotopic (exact) mass is 495 g/mol. The summed E-state index contributed by atoms with van der Waals surface area (Å²) >= 11 is 4.47. The quantitative estimate of drug-likeness (QED) is 0.429. The van der Waals surface area contributed by atoms with Crippen molar-refractivity contribution >= 4 is 42.6 Å². The number of likely N-dealkylation sites (tertiary alicyclic amines) is 1. The first-order chi connectivity index (χ1) is 14.8. The summed E-state index contributed by atoms with van der Waals surface area (Å²) in [4.78, 5) is 16.2. The molecule has 1 atom stereocenters. The van der Waals surface area contributed by atoms with Gasteiger partial charge in [-0.1, -0.05) is 0 Å². The number of benzene rings is 3. The van der Waals surface area contributed by atoms with Gasteiger partial charge in [-0.2, -0.15) is 0 Å². The maximum absolute atomic E-state index is 14.1. The molecule has 4 rings (SSSR count). The van der Waals surface area contributed by atoms with Gasteiger partial charge >= 0.3 is 195 Å². The molecule has 4 heteroatoms. The van der Waals surface area contributed by atoms with Gasteiger partial charge in [-0.15, -0.1) is 0 Å². The van der Waals surface area contributed by atoms with Crippen molar-refractivity contribution in [3.63, 3.8) is 0 Å². The van der Waals surface area contributed by atoms with Gasteiger partial charge in [0.05, 0.1) is 0 Å². The molecule has 1 saturated heterocycles. The first-order valence-corrected chi connectivity index (χ1v) is 15.3. The molecule has 162 valence electrons. The molecule has 0 N–H and O–H groups in total. The van der Waals surface area contributed by atoms with Crippen LogP contribution in [0.2, 0.25) is 0 Å². The third-order valence-electron chi connectivity index (χ3n) is 6.30. The fourth-order valence-corrected chi connectivity index (χ4v) is 13.7. The van der Waals surface area contributed by atoms with E-state index in [2.05, 4.69) is 132 Å². The number of amides is 1. The van der Waals surface area contributed by atoms with E-state index >= 15 is 0 Å². The topological polar surface area (TPSA) is 20.3 Å². The third kappa shape index (κ3) is 3.66. The van der Waals surface area contributed by atoms with Crippen molar-refractivity contribution < 1.29 is 4.79 Å². The molecule has 1 unspecified atom stereocenters. The third-order valence-corrected chi connectivity index (χ3v) is 17.0. The van der Waals surface area contributed by atoms with Crippen molar-refractivity contribution in [1.82, 2.24) is 4.90 Å². The van der Waals surface area contributed by atoms with Gasteiger partial charge in [0.2, 0.25) is 0 Å². The van der Waals surface area contributed by atoms with Crippen molar-refractivity contribution in [1.29, 1.82) is 0 Å². The Morgan fingerprint density at radius 3 is 1.55 bits per heavy atom. The zero-order valence-corrected chi connectivity index (χ0v) is 21.0. The second kappa shape index (κ2) is 8.19. The van der Waals surface area contributed by atoms with Gasteiger partial charge in [-0.3, -0.25) is 0 Å². The fraction of sp³-hybridized carbons (Fsp3) is 0.296. The Morgan fingerprint density at radius 2 is 1.19 bits per heavy atom. The second-order valence-electron chi connectivity index (χ2n) is 9.71. The average Bonchev–Trinajstić information content (AvgIpc) is 3.14. The van der Waals surface area contributed by atoms with Crippen LogP contribution in [0, 0.1) is 5.41 Å². The SMILES string of the molecule is CC(C)(C)CN1CCC(P(Br)(c2ccccc2)(c2ccccc2)c2ccccc2)C1=O. The summed E-state index contributed by atoms with van der Waals surface area (Å²) in [6, 6.07) is 31.9. The van der Waals surface area contributed by atoms with Crippen LogP contribution < -0.4 is 15.9 Å². The summed E-state index contributed by atoms with van der Waals surface area (Å²) in [6.45, 7) is 8.18. The molecule has 0 aromatic heterocycles. The summed E-state index contributed by atoms with van der Waals surface area (Å²) in [5.74, 6) is 0.265. The number of carbonyl (C=O) groups excluding carboxylic acids is 1. The minimum atomic E-state index is -3.27. The molecule has 1 fully saturated rings. The van der Waals surface area contributed by atoms with Gasteiger partial charge in [0.1, 0.15) is 0 Å². The molecular formula is C27H31BrNOP. The number of halogens is 1. The van der Waals surface area contributed by atoms with Gasteiger partial charge in [0.15, 0.2) is 0 Å². The molecule has 0 radical (unpaired) electrons. The van der Waals surface area contributed by atoms with E-state index in [1.165, 1.54) is 15.9 Å². The molecule has 0 bridgehead atoms. The summed E-state index contributed by atoms with van der Waals surface area (Å²) in [7, 11) is 0. The number of rotatable bonds is 5. The summed E-state index contributed by atoms with van der Waals surface area (Å²) < 4.78 is 0. The van der Waals surface area contributed by atoms with Crippen molar-refractivity contribution in [2.45, 2.75) is 32.9 Å². The number of hydrogen-bond acceptors (Lipinski definition) is 1. The van der Waals surface area contributed by atoms with Crippen LogP contribution >= 0.6 is 20.8 Å². The normalized spacial score (nSPS) is 18.6. The van der Waals surface area contributed by atoms with E-state index in [4.69, 9.17) is 0 Å². The second-order valence-corrected chi connectivity index (χ2v) is 18.4. The molecule has 0 aliphatic carbocycles. The van der Waals surface area contributed by atoms with Crippen LogP contribution in [-0.4, -0.2) is 29.6 Å². The molecule has 3 aromatic carbocycles. The average molecular weight is 496 g/mol. The molecule has 0 saturated carbocycles. The molecule has 3 aromatic rings. The zero-order chi connectivity index (χ0) is 22.1. The maximum atomic E-state index is 14.1. The molecule has 1 amide bonds. The van der Waals surface area contributed by atoms with Gasteiger partial charge in [0.25, 0.3) is 0 Å². The van der Waals surface area contributed by atoms with Crippen LogP contribution in [0.25, 0.3) is 0 Å². The Morgan fingerprint density at radius 1 is 0.806 bits per heavy atom. The Kier molecular flexibility index (Phi) is 5.87. The standard InChI is InChI=1S/C27H31BrNOP/c1-27(2,3)21-29-20-19-25(26(29)30)31(28,22-13-7-4-8-14-22,23-15-9-5-10-16-23)24-17-11-6-12-18-24/h4-18,25H,19-21H2,1-3H3. The zero-order valence-electron chi connectivity index (χ0n) is 18.5. The van der Waals surface area contributed by atoms with E-state index in [1.807, 2.05) is 0 Å². The number of carbonyl (C=O) groups is 1. The van der Waals surface area contributed by atoms with E-state index in [9.17, 15) is 4.79 Å². The predicted molar refractivity (Wildman–Crippen MR) is 139 cm³/mol. The van der Waals surface area contributed by atoms with E-state index in [-0.39, 0.29) is 17.0 Å². The van der Waals surface area contributed by atoms with Gasteiger partial charge < -0.3 is 0 Å². The molecule has 2 nitrogen and oxygen atoms in total. The summed E-state index contributed by atoms with van der Waals surface area (Å²) in [5.41, 5.74) is -0.0694.